The molecule has 30 heavy (non-hydrogen) atoms. The standard InChI is InChI=1S/C17H12Cl4N2S.C2H2O4/c18-11-1-3-13(15(20)7-11)17(9-23-6-5-22-10-23)24-12-2-4-14(19)16(21)8-12;3-1(4)2(5)6/h1-8,10,17H,9H2;(H,3,4)(H,5,6). The summed E-state index contributed by atoms with van der Waals surface area (Å²) < 4.78 is 2.01. The van der Waals surface area contributed by atoms with Gasteiger partial charge in [-0.15, -0.1) is 11.8 Å². The van der Waals surface area contributed by atoms with E-state index < -0.39 is 11.9 Å². The predicted octanol–water partition coefficient (Wildman–Crippen LogP) is 6.19. The Kier molecular flexibility index (Phi) is 9.33. The third-order valence-electron chi connectivity index (χ3n) is 3.60. The third kappa shape index (κ3) is 7.41. The molecule has 1 aromatic heterocycles. The number of hydrogen-bond donors (Lipinski definition) is 2. The Morgan fingerprint density at radius 3 is 2.20 bits per heavy atom. The van der Waals surface area contributed by atoms with Crippen LogP contribution in [0.2, 0.25) is 20.1 Å². The molecule has 0 fully saturated rings. The van der Waals surface area contributed by atoms with Gasteiger partial charge < -0.3 is 14.8 Å². The molecular weight excluding hydrogens is 494 g/mol. The van der Waals surface area contributed by atoms with Gasteiger partial charge in [-0.2, -0.15) is 0 Å². The molecule has 2 aromatic carbocycles. The van der Waals surface area contributed by atoms with E-state index in [9.17, 15) is 0 Å². The molecule has 0 spiro atoms. The number of thioether (sulfide) groups is 1. The Labute approximate surface area is 196 Å². The molecule has 3 rings (SSSR count). The molecule has 3 aromatic rings. The number of aromatic nitrogens is 2. The molecule has 1 unspecified atom stereocenters. The van der Waals surface area contributed by atoms with E-state index in [1.54, 1.807) is 36.4 Å². The van der Waals surface area contributed by atoms with E-state index in [0.29, 0.717) is 26.6 Å². The highest BCUT2D eigenvalue weighted by molar-refractivity contribution is 7.99. The van der Waals surface area contributed by atoms with Crippen molar-refractivity contribution in [2.75, 3.05) is 0 Å². The maximum absolute atomic E-state index is 9.10. The number of imidazole rings is 1. The van der Waals surface area contributed by atoms with E-state index in [2.05, 4.69) is 4.98 Å². The first-order valence-corrected chi connectivity index (χ1v) is 10.5. The van der Waals surface area contributed by atoms with Gasteiger partial charge in [0.1, 0.15) is 0 Å². The lowest BCUT2D eigenvalue weighted by molar-refractivity contribution is -0.159. The van der Waals surface area contributed by atoms with Gasteiger partial charge in [-0.25, -0.2) is 14.6 Å². The van der Waals surface area contributed by atoms with Crippen LogP contribution >= 0.6 is 58.2 Å². The lowest BCUT2D eigenvalue weighted by Gasteiger charge is -2.19. The molecule has 0 saturated carbocycles. The van der Waals surface area contributed by atoms with Crippen LogP contribution in [-0.4, -0.2) is 31.7 Å². The largest absolute Gasteiger partial charge is 0.473 e. The van der Waals surface area contributed by atoms with Crippen LogP contribution in [-0.2, 0) is 16.1 Å². The highest BCUT2D eigenvalue weighted by atomic mass is 35.5. The molecule has 1 atom stereocenters. The van der Waals surface area contributed by atoms with Crippen LogP contribution in [0.15, 0.2) is 60.0 Å². The van der Waals surface area contributed by atoms with Crippen LogP contribution in [0.4, 0.5) is 0 Å². The number of hydrogen-bond acceptors (Lipinski definition) is 4. The van der Waals surface area contributed by atoms with Crippen molar-refractivity contribution in [2.45, 2.75) is 16.7 Å². The predicted molar refractivity (Wildman–Crippen MR) is 119 cm³/mol. The number of carboxylic acid groups (broad SMARTS) is 2. The molecule has 11 heteroatoms. The molecule has 158 valence electrons. The molecule has 0 aliphatic carbocycles. The van der Waals surface area contributed by atoms with Crippen molar-refractivity contribution in [2.24, 2.45) is 0 Å². The van der Waals surface area contributed by atoms with Crippen molar-refractivity contribution < 1.29 is 19.8 Å². The Balaban J connectivity index is 0.000000469. The molecule has 0 bridgehead atoms. The highest BCUT2D eigenvalue weighted by Crippen LogP contribution is 2.41. The summed E-state index contributed by atoms with van der Waals surface area (Å²) in [6.45, 7) is 0.715. The van der Waals surface area contributed by atoms with Crippen molar-refractivity contribution in [3.05, 3.63) is 80.8 Å². The summed E-state index contributed by atoms with van der Waals surface area (Å²) in [4.78, 5) is 23.3. The van der Waals surface area contributed by atoms with Gasteiger partial charge in [0.15, 0.2) is 0 Å². The van der Waals surface area contributed by atoms with Gasteiger partial charge in [0.05, 0.1) is 21.6 Å². The molecule has 2 N–H and O–H groups in total. The fraction of sp³-hybridized carbons (Fsp3) is 0.105. The van der Waals surface area contributed by atoms with Crippen LogP contribution < -0.4 is 0 Å². The second-order valence-corrected chi connectivity index (χ2v) is 8.65. The summed E-state index contributed by atoms with van der Waals surface area (Å²) in [5.41, 5.74) is 1.01. The second-order valence-electron chi connectivity index (χ2n) is 5.72. The van der Waals surface area contributed by atoms with E-state index in [1.807, 2.05) is 35.0 Å². The van der Waals surface area contributed by atoms with Gasteiger partial charge in [0, 0.05) is 33.9 Å². The van der Waals surface area contributed by atoms with Crippen LogP contribution in [0.25, 0.3) is 0 Å². The molecular formula is C19H14Cl4N2O4S. The minimum absolute atomic E-state index is 0.0706. The first-order chi connectivity index (χ1) is 14.2. The number of nitrogens with zero attached hydrogens (tertiary/aromatic N) is 2. The van der Waals surface area contributed by atoms with Crippen molar-refractivity contribution in [3.63, 3.8) is 0 Å². The van der Waals surface area contributed by atoms with Gasteiger partial charge in [-0.05, 0) is 35.9 Å². The average molecular weight is 508 g/mol. The van der Waals surface area contributed by atoms with Crippen molar-refractivity contribution in [1.82, 2.24) is 9.55 Å². The molecule has 6 nitrogen and oxygen atoms in total. The minimum Gasteiger partial charge on any atom is -0.473 e. The smallest absolute Gasteiger partial charge is 0.414 e. The van der Waals surface area contributed by atoms with Gasteiger partial charge in [0.2, 0.25) is 0 Å². The monoisotopic (exact) mass is 506 g/mol. The normalized spacial score (nSPS) is 11.3. The van der Waals surface area contributed by atoms with Crippen molar-refractivity contribution in [3.8, 4) is 0 Å². The third-order valence-corrected chi connectivity index (χ3v) is 6.11. The lowest BCUT2D eigenvalue weighted by atomic mass is 10.1. The van der Waals surface area contributed by atoms with Gasteiger partial charge in [-0.1, -0.05) is 52.5 Å². The van der Waals surface area contributed by atoms with Crippen molar-refractivity contribution in [1.29, 1.82) is 0 Å². The Bertz CT molecular complexity index is 1020. The Hall–Kier alpha value is -1.90. The number of aliphatic carboxylic acids is 2. The number of halogens is 4. The zero-order valence-corrected chi connectivity index (χ0v) is 18.8. The topological polar surface area (TPSA) is 92.4 Å². The summed E-state index contributed by atoms with van der Waals surface area (Å²) in [5.74, 6) is -3.65. The first-order valence-electron chi connectivity index (χ1n) is 8.16. The molecule has 0 aliphatic heterocycles. The SMILES string of the molecule is Clc1ccc(C(Cn2ccnc2)Sc2ccc(Cl)c(Cl)c2)c(Cl)c1.O=C(O)C(=O)O. The zero-order valence-electron chi connectivity index (χ0n) is 15.0. The summed E-state index contributed by atoms with van der Waals surface area (Å²) >= 11 is 26.2. The lowest BCUT2D eigenvalue weighted by Crippen LogP contribution is -2.09. The maximum Gasteiger partial charge on any atom is 0.414 e. The second kappa shape index (κ2) is 11.5. The molecule has 0 saturated heterocycles. The first kappa shape index (κ1) is 24.4. The quantitative estimate of drug-likeness (QED) is 0.316. The van der Waals surface area contributed by atoms with Crippen LogP contribution in [0.1, 0.15) is 10.8 Å². The van der Waals surface area contributed by atoms with Crippen molar-refractivity contribution >= 4 is 70.1 Å². The number of carbonyl (C=O) groups is 2. The summed E-state index contributed by atoms with van der Waals surface area (Å²) in [5, 5.41) is 17.2. The number of benzene rings is 2. The van der Waals surface area contributed by atoms with Crippen LogP contribution in [0.5, 0.6) is 0 Å². The minimum atomic E-state index is -1.82. The van der Waals surface area contributed by atoms with E-state index >= 15 is 0 Å². The summed E-state index contributed by atoms with van der Waals surface area (Å²) in [7, 11) is 0. The van der Waals surface area contributed by atoms with E-state index in [0.717, 1.165) is 10.5 Å². The van der Waals surface area contributed by atoms with E-state index in [4.69, 9.17) is 66.2 Å². The Morgan fingerprint density at radius 1 is 0.967 bits per heavy atom. The maximum atomic E-state index is 9.10. The highest BCUT2D eigenvalue weighted by Gasteiger charge is 2.18. The fourth-order valence-corrected chi connectivity index (χ4v) is 4.47. The van der Waals surface area contributed by atoms with Crippen LogP contribution in [0.3, 0.4) is 0 Å². The molecule has 0 radical (unpaired) electrons. The number of carboxylic acids is 2. The Morgan fingerprint density at radius 2 is 1.67 bits per heavy atom. The van der Waals surface area contributed by atoms with E-state index in [-0.39, 0.29) is 5.25 Å². The van der Waals surface area contributed by atoms with Crippen LogP contribution in [0, 0.1) is 0 Å². The van der Waals surface area contributed by atoms with Gasteiger partial charge in [-0.3, -0.25) is 0 Å². The molecule has 0 amide bonds. The molecule has 0 aliphatic rings. The van der Waals surface area contributed by atoms with Gasteiger partial charge in [0.25, 0.3) is 0 Å². The molecule has 1 heterocycles. The van der Waals surface area contributed by atoms with E-state index in [1.165, 1.54) is 0 Å². The fourth-order valence-electron chi connectivity index (χ4n) is 2.26. The summed E-state index contributed by atoms with van der Waals surface area (Å²) in [6, 6.07) is 11.2. The zero-order chi connectivity index (χ0) is 22.3. The summed E-state index contributed by atoms with van der Waals surface area (Å²) in [6.07, 6.45) is 5.46. The average Bonchev–Trinajstić information content (AvgIpc) is 3.18. The van der Waals surface area contributed by atoms with Gasteiger partial charge >= 0.3 is 11.9 Å². The number of rotatable bonds is 5.